The minimum absolute atomic E-state index is 0.593. The number of fused-ring (bicyclic) bond motifs is 3. The van der Waals surface area contributed by atoms with Crippen LogP contribution in [0.4, 0.5) is 0 Å². The number of furan rings is 1. The second-order valence-corrected chi connectivity index (χ2v) is 13.6. The van der Waals surface area contributed by atoms with E-state index in [9.17, 15) is 0 Å². The van der Waals surface area contributed by atoms with Gasteiger partial charge in [0.25, 0.3) is 0 Å². The predicted octanol–water partition coefficient (Wildman–Crippen LogP) is 13.4. The number of rotatable bonds is 7. The highest BCUT2D eigenvalue weighted by Crippen LogP contribution is 2.42. The van der Waals surface area contributed by atoms with Gasteiger partial charge in [0, 0.05) is 27.5 Å². The van der Waals surface area contributed by atoms with Gasteiger partial charge in [0.2, 0.25) is 0 Å². The largest absolute Gasteiger partial charge is 0.456 e. The molecule has 10 aromatic rings. The van der Waals surface area contributed by atoms with E-state index in [1.54, 1.807) is 0 Å². The molecule has 0 aliphatic heterocycles. The molecule has 0 saturated carbocycles. The van der Waals surface area contributed by atoms with Gasteiger partial charge in [-0.2, -0.15) is 0 Å². The Kier molecular flexibility index (Phi) is 8.12. The summed E-state index contributed by atoms with van der Waals surface area (Å²) >= 11 is 0. The molecule has 55 heavy (non-hydrogen) atoms. The third-order valence-corrected chi connectivity index (χ3v) is 10.1. The Morgan fingerprint density at radius 2 is 0.618 bits per heavy atom. The van der Waals surface area contributed by atoms with Gasteiger partial charge >= 0.3 is 0 Å². The monoisotopic (exact) mass is 703 g/mol. The van der Waals surface area contributed by atoms with E-state index in [2.05, 4.69) is 121 Å². The minimum atomic E-state index is 0.593. The second kappa shape index (κ2) is 13.8. The highest BCUT2D eigenvalue weighted by Gasteiger charge is 2.20. The van der Waals surface area contributed by atoms with E-state index in [0.717, 1.165) is 60.9 Å². The van der Waals surface area contributed by atoms with Gasteiger partial charge in [-0.25, -0.2) is 15.0 Å². The Hall–Kier alpha value is -7.43. The van der Waals surface area contributed by atoms with Crippen LogP contribution < -0.4 is 0 Å². The molecule has 2 heterocycles. The van der Waals surface area contributed by atoms with Crippen LogP contribution >= 0.6 is 0 Å². The molecule has 4 nitrogen and oxygen atoms in total. The predicted molar refractivity (Wildman–Crippen MR) is 225 cm³/mol. The Balaban J connectivity index is 1.15. The van der Waals surface area contributed by atoms with Gasteiger partial charge in [0.05, 0.1) is 0 Å². The first-order chi connectivity index (χ1) is 27.2. The van der Waals surface area contributed by atoms with Crippen molar-refractivity contribution >= 4 is 21.9 Å². The fraction of sp³-hybridized carbons (Fsp3) is 0. The number of aromatic nitrogens is 3. The molecule has 0 unspecified atom stereocenters. The molecule has 10 rings (SSSR count). The first-order valence-corrected chi connectivity index (χ1v) is 18.4. The van der Waals surface area contributed by atoms with E-state index in [1.807, 2.05) is 78.9 Å². The Morgan fingerprint density at radius 3 is 1.15 bits per heavy atom. The van der Waals surface area contributed by atoms with Gasteiger partial charge in [-0.3, -0.25) is 0 Å². The quantitative estimate of drug-likeness (QED) is 0.166. The van der Waals surface area contributed by atoms with Crippen molar-refractivity contribution in [3.63, 3.8) is 0 Å². The third kappa shape index (κ3) is 6.16. The Bertz CT molecular complexity index is 2840. The van der Waals surface area contributed by atoms with E-state index in [4.69, 9.17) is 19.4 Å². The molecular formula is C51H33N3O. The molecule has 0 saturated heterocycles. The van der Waals surface area contributed by atoms with Crippen molar-refractivity contribution in [3.05, 3.63) is 200 Å². The summed E-state index contributed by atoms with van der Waals surface area (Å²) in [4.78, 5) is 15.1. The van der Waals surface area contributed by atoms with Crippen LogP contribution in [0.15, 0.2) is 205 Å². The zero-order valence-electron chi connectivity index (χ0n) is 29.8. The topological polar surface area (TPSA) is 51.8 Å². The van der Waals surface area contributed by atoms with Crippen molar-refractivity contribution in [2.75, 3.05) is 0 Å². The lowest BCUT2D eigenvalue weighted by molar-refractivity contribution is 0.669. The molecule has 0 aliphatic rings. The molecular weight excluding hydrogens is 671 g/mol. The van der Waals surface area contributed by atoms with Crippen molar-refractivity contribution < 1.29 is 4.42 Å². The van der Waals surface area contributed by atoms with Gasteiger partial charge in [-0.05, 0) is 80.9 Å². The Labute approximate surface area is 319 Å². The lowest BCUT2D eigenvalue weighted by Gasteiger charge is -2.13. The highest BCUT2D eigenvalue weighted by molar-refractivity contribution is 6.17. The average molecular weight is 704 g/mol. The maximum Gasteiger partial charge on any atom is 0.164 e. The molecule has 2 aromatic heterocycles. The lowest BCUT2D eigenvalue weighted by atomic mass is 9.91. The summed E-state index contributed by atoms with van der Waals surface area (Å²) in [5.74, 6) is 1.83. The van der Waals surface area contributed by atoms with Gasteiger partial charge in [-0.15, -0.1) is 0 Å². The van der Waals surface area contributed by atoms with Crippen molar-refractivity contribution in [2.45, 2.75) is 0 Å². The maximum absolute atomic E-state index is 6.58. The van der Waals surface area contributed by atoms with E-state index in [1.165, 1.54) is 22.3 Å². The molecule has 4 heteroatoms. The zero-order valence-corrected chi connectivity index (χ0v) is 29.8. The normalized spacial score (nSPS) is 11.3. The summed E-state index contributed by atoms with van der Waals surface area (Å²) in [7, 11) is 0. The number of hydrogen-bond donors (Lipinski definition) is 0. The van der Waals surface area contributed by atoms with Crippen molar-refractivity contribution in [3.8, 4) is 78.7 Å². The van der Waals surface area contributed by atoms with Crippen molar-refractivity contribution in [1.82, 2.24) is 15.0 Å². The number of nitrogens with zero attached hydrogens (tertiary/aromatic N) is 3. The Morgan fingerprint density at radius 1 is 0.255 bits per heavy atom. The van der Waals surface area contributed by atoms with E-state index in [0.29, 0.717) is 17.5 Å². The SMILES string of the molecule is c1ccc(-c2cc(-c3ccccc3)cc(-c3cccc(-c4cccc5oc6cccc(-c7nc(-c8ccccc8)nc(-c8ccccc8)n7)c6c45)c3)c2)cc1. The van der Waals surface area contributed by atoms with Crippen LogP contribution in [0, 0.1) is 0 Å². The number of hydrogen-bond acceptors (Lipinski definition) is 4. The van der Waals surface area contributed by atoms with Gasteiger partial charge < -0.3 is 4.42 Å². The maximum atomic E-state index is 6.58. The first-order valence-electron chi connectivity index (χ1n) is 18.4. The van der Waals surface area contributed by atoms with E-state index >= 15 is 0 Å². The molecule has 0 atom stereocenters. The lowest BCUT2D eigenvalue weighted by Crippen LogP contribution is -2.00. The smallest absolute Gasteiger partial charge is 0.164 e. The standard InChI is InChI=1S/C51H33N3O/c1-5-16-34(17-6-1)40-31-41(35-18-7-2-8-19-35)33-42(32-40)38-24-13-25-39(30-38)43-26-14-28-45-47(43)48-44(27-15-29-46(48)55-45)51-53-49(36-20-9-3-10-21-36)52-50(54-51)37-22-11-4-12-23-37/h1-33H. The first kappa shape index (κ1) is 32.2. The molecule has 0 N–H and O–H groups in total. The molecule has 0 fully saturated rings. The fourth-order valence-corrected chi connectivity index (χ4v) is 7.48. The van der Waals surface area contributed by atoms with Crippen LogP contribution in [0.1, 0.15) is 0 Å². The fourth-order valence-electron chi connectivity index (χ4n) is 7.48. The van der Waals surface area contributed by atoms with Crippen LogP contribution in [0.3, 0.4) is 0 Å². The molecule has 0 aliphatic carbocycles. The summed E-state index contributed by atoms with van der Waals surface area (Å²) < 4.78 is 6.58. The average Bonchev–Trinajstić information content (AvgIpc) is 3.67. The number of benzene rings is 8. The minimum Gasteiger partial charge on any atom is -0.456 e. The van der Waals surface area contributed by atoms with Gasteiger partial charge in [0.1, 0.15) is 11.2 Å². The molecule has 258 valence electrons. The van der Waals surface area contributed by atoms with Crippen LogP contribution in [0.25, 0.3) is 101 Å². The van der Waals surface area contributed by atoms with Crippen LogP contribution in [-0.4, -0.2) is 15.0 Å². The molecule has 8 aromatic carbocycles. The summed E-state index contributed by atoms with van der Waals surface area (Å²) in [5.41, 5.74) is 13.5. The zero-order chi connectivity index (χ0) is 36.6. The second-order valence-electron chi connectivity index (χ2n) is 13.6. The molecule has 0 radical (unpaired) electrons. The van der Waals surface area contributed by atoms with Crippen molar-refractivity contribution in [2.24, 2.45) is 0 Å². The van der Waals surface area contributed by atoms with Crippen molar-refractivity contribution in [1.29, 1.82) is 0 Å². The summed E-state index contributed by atoms with van der Waals surface area (Å²) in [6.45, 7) is 0. The van der Waals surface area contributed by atoms with Crippen LogP contribution in [0.2, 0.25) is 0 Å². The van der Waals surface area contributed by atoms with Crippen LogP contribution in [-0.2, 0) is 0 Å². The molecule has 0 bridgehead atoms. The van der Waals surface area contributed by atoms with Gasteiger partial charge in [-0.1, -0.05) is 164 Å². The molecule has 0 spiro atoms. The summed E-state index contributed by atoms with van der Waals surface area (Å²) in [6.07, 6.45) is 0. The molecule has 0 amide bonds. The van der Waals surface area contributed by atoms with E-state index < -0.39 is 0 Å². The van der Waals surface area contributed by atoms with E-state index in [-0.39, 0.29) is 0 Å². The highest BCUT2D eigenvalue weighted by atomic mass is 16.3. The van der Waals surface area contributed by atoms with Crippen LogP contribution in [0.5, 0.6) is 0 Å². The third-order valence-electron chi connectivity index (χ3n) is 10.1. The van der Waals surface area contributed by atoms with Gasteiger partial charge in [0.15, 0.2) is 17.5 Å². The summed E-state index contributed by atoms with van der Waals surface area (Å²) in [5, 5.41) is 2.00. The summed E-state index contributed by atoms with van der Waals surface area (Å²) in [6, 6.07) is 69.4.